The Hall–Kier alpha value is -1.73. The number of nitrogens with zero attached hydrogens (tertiary/aromatic N) is 4. The van der Waals surface area contributed by atoms with E-state index in [4.69, 9.17) is 11.6 Å². The monoisotopic (exact) mass is 365 g/mol. The summed E-state index contributed by atoms with van der Waals surface area (Å²) in [6.07, 6.45) is 0. The third kappa shape index (κ3) is 3.10. The third-order valence-electron chi connectivity index (χ3n) is 4.15. The molecule has 8 heteroatoms. The molecule has 2 heterocycles. The van der Waals surface area contributed by atoms with Gasteiger partial charge < -0.3 is 10.3 Å². The second-order valence-corrected chi connectivity index (χ2v) is 7.12. The zero-order valence-corrected chi connectivity index (χ0v) is 15.4. The van der Waals surface area contributed by atoms with Crippen molar-refractivity contribution in [1.29, 1.82) is 0 Å². The summed E-state index contributed by atoms with van der Waals surface area (Å²) in [7, 11) is 0. The van der Waals surface area contributed by atoms with Gasteiger partial charge in [0.1, 0.15) is 11.1 Å². The van der Waals surface area contributed by atoms with Crippen LogP contribution in [0.2, 0.25) is 5.02 Å². The molecule has 2 aromatic rings. The Morgan fingerprint density at radius 3 is 2.58 bits per heavy atom. The van der Waals surface area contributed by atoms with Gasteiger partial charge in [-0.1, -0.05) is 35.5 Å². The number of amides is 1. The number of benzene rings is 1. The molecule has 24 heavy (non-hydrogen) atoms. The van der Waals surface area contributed by atoms with Gasteiger partial charge in [0.2, 0.25) is 11.1 Å². The van der Waals surface area contributed by atoms with Crippen molar-refractivity contribution >= 4 is 29.3 Å². The lowest BCUT2D eigenvalue weighted by Crippen LogP contribution is -2.46. The molecular weight excluding hydrogens is 346 g/mol. The summed E-state index contributed by atoms with van der Waals surface area (Å²) in [6, 6.07) is 7.41. The molecule has 0 fully saturated rings. The molecule has 0 radical (unpaired) electrons. The van der Waals surface area contributed by atoms with Crippen molar-refractivity contribution in [1.82, 2.24) is 19.8 Å². The van der Waals surface area contributed by atoms with Crippen molar-refractivity contribution in [2.24, 2.45) is 0 Å². The average molecular weight is 366 g/mol. The SMILES string of the molecule is CCN(CC)C(=O)[C@@H]1Sc2nnc(C)n2N[C@H]1c1ccc(Cl)cc1. The van der Waals surface area contributed by atoms with Gasteiger partial charge in [0, 0.05) is 18.1 Å². The van der Waals surface area contributed by atoms with Crippen molar-refractivity contribution in [3.63, 3.8) is 0 Å². The van der Waals surface area contributed by atoms with Crippen LogP contribution in [0.25, 0.3) is 0 Å². The molecule has 0 bridgehead atoms. The molecule has 6 nitrogen and oxygen atoms in total. The second-order valence-electron chi connectivity index (χ2n) is 5.57. The molecule has 1 amide bonds. The predicted octanol–water partition coefficient (Wildman–Crippen LogP) is 2.87. The van der Waals surface area contributed by atoms with Gasteiger partial charge in [-0.15, -0.1) is 10.2 Å². The lowest BCUT2D eigenvalue weighted by atomic mass is 10.0. The molecule has 1 aromatic heterocycles. The van der Waals surface area contributed by atoms with Crippen LogP contribution in [0.5, 0.6) is 0 Å². The smallest absolute Gasteiger partial charge is 0.238 e. The zero-order chi connectivity index (χ0) is 17.3. The Balaban J connectivity index is 1.99. The van der Waals surface area contributed by atoms with Crippen molar-refractivity contribution < 1.29 is 4.79 Å². The number of thioether (sulfide) groups is 1. The highest BCUT2D eigenvalue weighted by atomic mass is 35.5. The zero-order valence-electron chi connectivity index (χ0n) is 13.9. The van der Waals surface area contributed by atoms with Gasteiger partial charge in [-0.3, -0.25) is 4.79 Å². The Morgan fingerprint density at radius 1 is 1.29 bits per heavy atom. The molecule has 128 valence electrons. The van der Waals surface area contributed by atoms with Crippen LogP contribution in [0, 0.1) is 6.92 Å². The van der Waals surface area contributed by atoms with Crippen molar-refractivity contribution in [2.75, 3.05) is 18.5 Å². The topological polar surface area (TPSA) is 63.1 Å². The largest absolute Gasteiger partial charge is 0.342 e. The summed E-state index contributed by atoms with van der Waals surface area (Å²) in [5, 5.41) is 9.35. The summed E-state index contributed by atoms with van der Waals surface area (Å²) >= 11 is 7.46. The fourth-order valence-corrected chi connectivity index (χ4v) is 4.12. The molecular formula is C16H20ClN5OS. The van der Waals surface area contributed by atoms with E-state index in [1.165, 1.54) is 11.8 Å². The molecule has 3 rings (SSSR count). The van der Waals surface area contributed by atoms with E-state index in [1.54, 1.807) is 0 Å². The molecule has 0 unspecified atom stereocenters. The van der Waals surface area contributed by atoms with Gasteiger partial charge in [0.05, 0.1) is 6.04 Å². The predicted molar refractivity (Wildman–Crippen MR) is 95.9 cm³/mol. The van der Waals surface area contributed by atoms with Gasteiger partial charge in [-0.25, -0.2) is 4.68 Å². The van der Waals surface area contributed by atoms with E-state index >= 15 is 0 Å². The number of carbonyl (C=O) groups is 1. The minimum absolute atomic E-state index is 0.101. The number of hydrogen-bond acceptors (Lipinski definition) is 5. The minimum Gasteiger partial charge on any atom is -0.342 e. The number of fused-ring (bicyclic) bond motifs is 1. The van der Waals surface area contributed by atoms with Crippen LogP contribution in [0.4, 0.5) is 0 Å². The van der Waals surface area contributed by atoms with E-state index in [0.717, 1.165) is 11.4 Å². The molecule has 1 aliphatic rings. The Bertz CT molecular complexity index is 729. The molecule has 1 aliphatic heterocycles. The molecule has 1 aromatic carbocycles. The highest BCUT2D eigenvalue weighted by Gasteiger charge is 2.38. The summed E-state index contributed by atoms with van der Waals surface area (Å²) in [6.45, 7) is 7.24. The summed E-state index contributed by atoms with van der Waals surface area (Å²) in [5.41, 5.74) is 4.41. The van der Waals surface area contributed by atoms with E-state index in [9.17, 15) is 4.79 Å². The third-order valence-corrected chi connectivity index (χ3v) is 5.60. The number of carbonyl (C=O) groups excluding carboxylic acids is 1. The molecule has 0 saturated carbocycles. The maximum atomic E-state index is 13.0. The number of hydrogen-bond donors (Lipinski definition) is 1. The molecule has 2 atom stereocenters. The Kier molecular flexibility index (Phi) is 5.01. The first-order valence-corrected chi connectivity index (χ1v) is 9.20. The van der Waals surface area contributed by atoms with Crippen molar-refractivity contribution in [3.8, 4) is 0 Å². The summed E-state index contributed by atoms with van der Waals surface area (Å²) in [4.78, 5) is 14.9. The minimum atomic E-state index is -0.304. The summed E-state index contributed by atoms with van der Waals surface area (Å²) in [5.74, 6) is 0.870. The van der Waals surface area contributed by atoms with Crippen LogP contribution in [-0.4, -0.2) is 44.0 Å². The molecule has 1 N–H and O–H groups in total. The van der Waals surface area contributed by atoms with Gasteiger partial charge in [0.15, 0.2) is 0 Å². The van der Waals surface area contributed by atoms with E-state index in [1.807, 2.05) is 54.6 Å². The van der Waals surface area contributed by atoms with Gasteiger partial charge >= 0.3 is 0 Å². The van der Waals surface area contributed by atoms with Crippen LogP contribution in [0.3, 0.4) is 0 Å². The number of aromatic nitrogens is 3. The van der Waals surface area contributed by atoms with Crippen LogP contribution in [0.1, 0.15) is 31.3 Å². The molecule has 0 aliphatic carbocycles. The first kappa shape index (κ1) is 17.1. The fourth-order valence-electron chi connectivity index (χ4n) is 2.78. The highest BCUT2D eigenvalue weighted by Crippen LogP contribution is 2.38. The number of halogens is 1. The Labute approximate surface area is 150 Å². The van der Waals surface area contributed by atoms with Crippen molar-refractivity contribution in [3.05, 3.63) is 40.7 Å². The quantitative estimate of drug-likeness (QED) is 0.902. The van der Waals surface area contributed by atoms with E-state index in [-0.39, 0.29) is 17.2 Å². The van der Waals surface area contributed by atoms with E-state index in [2.05, 4.69) is 15.6 Å². The van der Waals surface area contributed by atoms with Crippen LogP contribution < -0.4 is 5.43 Å². The number of aryl methyl sites for hydroxylation is 1. The van der Waals surface area contributed by atoms with E-state index < -0.39 is 0 Å². The lowest BCUT2D eigenvalue weighted by Gasteiger charge is -2.35. The average Bonchev–Trinajstić information content (AvgIpc) is 2.96. The second kappa shape index (κ2) is 7.03. The van der Waals surface area contributed by atoms with Crippen LogP contribution in [0.15, 0.2) is 29.4 Å². The van der Waals surface area contributed by atoms with Gasteiger partial charge in [-0.2, -0.15) is 0 Å². The summed E-state index contributed by atoms with van der Waals surface area (Å²) < 4.78 is 1.84. The first-order valence-electron chi connectivity index (χ1n) is 7.94. The van der Waals surface area contributed by atoms with Crippen LogP contribution >= 0.6 is 23.4 Å². The van der Waals surface area contributed by atoms with E-state index in [0.29, 0.717) is 23.3 Å². The fraction of sp³-hybridized carbons (Fsp3) is 0.438. The molecule has 0 saturated heterocycles. The highest BCUT2D eigenvalue weighted by molar-refractivity contribution is 8.00. The standard InChI is InChI=1S/C16H20ClN5OS/c1-4-21(5-2)15(23)14-13(11-6-8-12(17)9-7-11)20-22-10(3)18-19-16(22)24-14/h6-9,13-14,20H,4-5H2,1-3H3/t13-,14+/m0/s1. The van der Waals surface area contributed by atoms with Crippen LogP contribution in [-0.2, 0) is 4.79 Å². The Morgan fingerprint density at radius 2 is 1.96 bits per heavy atom. The van der Waals surface area contributed by atoms with Gasteiger partial charge in [-0.05, 0) is 38.5 Å². The lowest BCUT2D eigenvalue weighted by molar-refractivity contribution is -0.130. The van der Waals surface area contributed by atoms with Crippen molar-refractivity contribution in [2.45, 2.75) is 37.2 Å². The molecule has 0 spiro atoms. The normalized spacial score (nSPS) is 19.5. The maximum Gasteiger partial charge on any atom is 0.238 e. The van der Waals surface area contributed by atoms with Gasteiger partial charge in [0.25, 0.3) is 0 Å². The number of nitrogens with one attached hydrogen (secondary N) is 1. The number of rotatable bonds is 4. The first-order chi connectivity index (χ1) is 11.5. The maximum absolute atomic E-state index is 13.0.